The van der Waals surface area contributed by atoms with E-state index in [0.717, 1.165) is 18.4 Å². The van der Waals surface area contributed by atoms with Crippen LogP contribution in [0.3, 0.4) is 0 Å². The molecular formula is C12H16FN3O. The zero-order chi connectivity index (χ0) is 12.3. The Balaban J connectivity index is 2.00. The summed E-state index contributed by atoms with van der Waals surface area (Å²) in [7, 11) is 0. The highest BCUT2D eigenvalue weighted by Gasteiger charge is 2.45. The molecule has 5 heteroatoms. The minimum absolute atomic E-state index is 0.225. The number of nitrogens with two attached hydrogens (primary N) is 1. The van der Waals surface area contributed by atoms with Gasteiger partial charge in [-0.3, -0.25) is 0 Å². The predicted molar refractivity (Wildman–Crippen MR) is 62.9 cm³/mol. The van der Waals surface area contributed by atoms with Crippen LogP contribution in [0.1, 0.15) is 18.4 Å². The van der Waals surface area contributed by atoms with Crippen LogP contribution in [0.15, 0.2) is 24.3 Å². The van der Waals surface area contributed by atoms with E-state index in [0.29, 0.717) is 13.1 Å². The van der Waals surface area contributed by atoms with Crippen LogP contribution < -0.4 is 16.4 Å². The van der Waals surface area contributed by atoms with E-state index in [9.17, 15) is 9.18 Å². The monoisotopic (exact) mass is 237 g/mol. The number of rotatable bonds is 4. The summed E-state index contributed by atoms with van der Waals surface area (Å²) in [5, 5.41) is 5.57. The second kappa shape index (κ2) is 4.71. The van der Waals surface area contributed by atoms with Crippen molar-refractivity contribution < 1.29 is 9.18 Å². The minimum Gasteiger partial charge on any atom is -0.337 e. The molecule has 2 rings (SSSR count). The molecule has 0 aromatic heterocycles. The van der Waals surface area contributed by atoms with E-state index in [-0.39, 0.29) is 17.4 Å². The molecule has 1 saturated carbocycles. The Morgan fingerprint density at radius 2 is 2.00 bits per heavy atom. The topological polar surface area (TPSA) is 67.1 Å². The Kier molecular flexibility index (Phi) is 3.28. The number of halogens is 1. The van der Waals surface area contributed by atoms with Crippen LogP contribution in [-0.2, 0) is 5.54 Å². The quantitative estimate of drug-likeness (QED) is 0.733. The second-order valence-corrected chi connectivity index (χ2v) is 4.26. The lowest BCUT2D eigenvalue weighted by atomic mass is 10.1. The van der Waals surface area contributed by atoms with E-state index < -0.39 is 0 Å². The number of urea groups is 1. The van der Waals surface area contributed by atoms with Gasteiger partial charge in [-0.25, -0.2) is 9.18 Å². The first-order valence-corrected chi connectivity index (χ1v) is 5.68. The zero-order valence-electron chi connectivity index (χ0n) is 9.50. The summed E-state index contributed by atoms with van der Waals surface area (Å²) in [5.74, 6) is -0.267. The number of carbonyl (C=O) groups is 1. The first-order chi connectivity index (χ1) is 8.16. The number of hydrogen-bond acceptors (Lipinski definition) is 2. The molecule has 0 radical (unpaired) electrons. The fraction of sp³-hybridized carbons (Fsp3) is 0.417. The van der Waals surface area contributed by atoms with Gasteiger partial charge in [0.2, 0.25) is 0 Å². The van der Waals surface area contributed by atoms with Crippen LogP contribution >= 0.6 is 0 Å². The Hall–Kier alpha value is -1.62. The molecule has 0 heterocycles. The van der Waals surface area contributed by atoms with Crippen LogP contribution in [0.4, 0.5) is 9.18 Å². The highest BCUT2D eigenvalue weighted by atomic mass is 19.1. The molecule has 92 valence electrons. The molecule has 0 unspecified atom stereocenters. The Morgan fingerprint density at radius 3 is 2.53 bits per heavy atom. The third-order valence-electron chi connectivity index (χ3n) is 2.93. The van der Waals surface area contributed by atoms with Crippen LogP contribution in [0.25, 0.3) is 0 Å². The van der Waals surface area contributed by atoms with Gasteiger partial charge >= 0.3 is 6.03 Å². The van der Waals surface area contributed by atoms with Gasteiger partial charge in [-0.1, -0.05) is 12.1 Å². The summed E-state index contributed by atoms with van der Waals surface area (Å²) in [6, 6.07) is 6.03. The summed E-state index contributed by atoms with van der Waals surface area (Å²) < 4.78 is 12.8. The van der Waals surface area contributed by atoms with Gasteiger partial charge in [-0.05, 0) is 30.5 Å². The van der Waals surface area contributed by atoms with Crippen molar-refractivity contribution in [1.82, 2.24) is 10.6 Å². The third kappa shape index (κ3) is 2.74. The largest absolute Gasteiger partial charge is 0.337 e. The van der Waals surface area contributed by atoms with Crippen LogP contribution in [0, 0.1) is 5.82 Å². The fourth-order valence-corrected chi connectivity index (χ4v) is 1.83. The molecule has 0 saturated heterocycles. The van der Waals surface area contributed by atoms with Crippen molar-refractivity contribution >= 4 is 6.03 Å². The minimum atomic E-state index is -0.313. The van der Waals surface area contributed by atoms with E-state index in [2.05, 4.69) is 10.6 Å². The Bertz CT molecular complexity index is 401. The summed E-state index contributed by atoms with van der Waals surface area (Å²) in [5.41, 5.74) is 5.93. The average Bonchev–Trinajstić information content (AvgIpc) is 3.08. The van der Waals surface area contributed by atoms with Gasteiger partial charge in [0.1, 0.15) is 5.82 Å². The Morgan fingerprint density at radius 1 is 1.35 bits per heavy atom. The van der Waals surface area contributed by atoms with Crippen molar-refractivity contribution in [2.75, 3.05) is 13.1 Å². The normalized spacial score (nSPS) is 16.4. The van der Waals surface area contributed by atoms with E-state index in [4.69, 9.17) is 5.73 Å². The fourth-order valence-electron chi connectivity index (χ4n) is 1.83. The Labute approximate surface area is 99.4 Å². The SMILES string of the molecule is NCCNC(=O)NC1(c2ccc(F)cc2)CC1. The van der Waals surface area contributed by atoms with Gasteiger partial charge in [-0.15, -0.1) is 0 Å². The number of nitrogens with one attached hydrogen (secondary N) is 2. The number of carbonyl (C=O) groups excluding carboxylic acids is 1. The number of benzene rings is 1. The molecule has 1 aliphatic rings. The molecule has 1 fully saturated rings. The molecular weight excluding hydrogens is 221 g/mol. The molecule has 1 aromatic carbocycles. The first kappa shape index (κ1) is 11.9. The molecule has 0 atom stereocenters. The number of amides is 2. The molecule has 1 aliphatic carbocycles. The van der Waals surface area contributed by atoms with E-state index in [1.165, 1.54) is 12.1 Å². The van der Waals surface area contributed by atoms with Gasteiger partial charge in [0.15, 0.2) is 0 Å². The molecule has 1 aromatic rings. The van der Waals surface area contributed by atoms with Crippen molar-refractivity contribution in [3.05, 3.63) is 35.6 Å². The summed E-state index contributed by atoms with van der Waals surface area (Å²) >= 11 is 0. The van der Waals surface area contributed by atoms with Crippen LogP contribution in [0.5, 0.6) is 0 Å². The standard InChI is InChI=1S/C12H16FN3O/c13-10-3-1-9(2-4-10)12(5-6-12)16-11(17)15-8-7-14/h1-4H,5-8,14H2,(H2,15,16,17). The maximum absolute atomic E-state index is 12.8. The van der Waals surface area contributed by atoms with Crippen molar-refractivity contribution in [3.8, 4) is 0 Å². The van der Waals surface area contributed by atoms with Gasteiger partial charge in [0, 0.05) is 13.1 Å². The lowest BCUT2D eigenvalue weighted by Crippen LogP contribution is -2.43. The van der Waals surface area contributed by atoms with Gasteiger partial charge in [0.05, 0.1) is 5.54 Å². The molecule has 17 heavy (non-hydrogen) atoms. The van der Waals surface area contributed by atoms with Crippen molar-refractivity contribution in [1.29, 1.82) is 0 Å². The molecule has 2 amide bonds. The summed E-state index contributed by atoms with van der Waals surface area (Å²) in [4.78, 5) is 11.5. The van der Waals surface area contributed by atoms with Gasteiger partial charge in [0.25, 0.3) is 0 Å². The zero-order valence-corrected chi connectivity index (χ0v) is 9.50. The molecule has 0 spiro atoms. The highest BCUT2D eigenvalue weighted by molar-refractivity contribution is 5.75. The molecule has 4 N–H and O–H groups in total. The maximum Gasteiger partial charge on any atom is 0.315 e. The maximum atomic E-state index is 12.8. The first-order valence-electron chi connectivity index (χ1n) is 5.68. The molecule has 4 nitrogen and oxygen atoms in total. The van der Waals surface area contributed by atoms with E-state index >= 15 is 0 Å². The van der Waals surface area contributed by atoms with Crippen molar-refractivity contribution in [2.45, 2.75) is 18.4 Å². The lowest BCUT2D eigenvalue weighted by Gasteiger charge is -2.18. The average molecular weight is 237 g/mol. The highest BCUT2D eigenvalue weighted by Crippen LogP contribution is 2.45. The summed E-state index contributed by atoms with van der Waals surface area (Å²) in [6.07, 6.45) is 1.77. The number of hydrogen-bond donors (Lipinski definition) is 3. The van der Waals surface area contributed by atoms with Gasteiger partial charge in [-0.2, -0.15) is 0 Å². The smallest absolute Gasteiger partial charge is 0.315 e. The van der Waals surface area contributed by atoms with E-state index in [1.54, 1.807) is 12.1 Å². The van der Waals surface area contributed by atoms with E-state index in [1.807, 2.05) is 0 Å². The second-order valence-electron chi connectivity index (χ2n) is 4.26. The van der Waals surface area contributed by atoms with Gasteiger partial charge < -0.3 is 16.4 Å². The summed E-state index contributed by atoms with van der Waals surface area (Å²) in [6.45, 7) is 0.863. The van der Waals surface area contributed by atoms with Crippen molar-refractivity contribution in [3.63, 3.8) is 0 Å². The van der Waals surface area contributed by atoms with Crippen LogP contribution in [0.2, 0.25) is 0 Å². The lowest BCUT2D eigenvalue weighted by molar-refractivity contribution is 0.236. The molecule has 0 bridgehead atoms. The predicted octanol–water partition coefficient (Wildman–Crippen LogP) is 1.07. The third-order valence-corrected chi connectivity index (χ3v) is 2.93. The van der Waals surface area contributed by atoms with Crippen LogP contribution in [-0.4, -0.2) is 19.1 Å². The molecule has 0 aliphatic heterocycles. The van der Waals surface area contributed by atoms with Crippen molar-refractivity contribution in [2.24, 2.45) is 5.73 Å².